The second kappa shape index (κ2) is 7.90. The second-order valence-electron chi connectivity index (χ2n) is 2.57. The molecule has 0 radical (unpaired) electrons. The van der Waals surface area contributed by atoms with Gasteiger partial charge in [-0.25, -0.2) is 0 Å². The van der Waals surface area contributed by atoms with Crippen molar-refractivity contribution in [2.75, 3.05) is 5.88 Å². The van der Waals surface area contributed by atoms with E-state index in [2.05, 4.69) is 4.84 Å². The van der Waals surface area contributed by atoms with Crippen LogP contribution < -0.4 is 10.7 Å². The lowest BCUT2D eigenvalue weighted by atomic mass is 10.2. The molecule has 0 saturated carbocycles. The quantitative estimate of drug-likeness (QED) is 0.590. The average molecular weight is 202 g/mol. The summed E-state index contributed by atoms with van der Waals surface area (Å²) < 4.78 is 0. The summed E-state index contributed by atoms with van der Waals surface area (Å²) in [6, 6.07) is 7.60. The fraction of sp³-hybridized carbons (Fsp3) is 0.400. The first-order valence-electron chi connectivity index (χ1n) is 4.24. The van der Waals surface area contributed by atoms with E-state index in [1.54, 1.807) is 0 Å². The van der Waals surface area contributed by atoms with Crippen LogP contribution in [0.3, 0.4) is 0 Å². The molecule has 2 nitrogen and oxygen atoms in total. The molecule has 0 bridgehead atoms. The lowest BCUT2D eigenvalue weighted by molar-refractivity contribution is 0.332. The van der Waals surface area contributed by atoms with Crippen molar-refractivity contribution in [3.63, 3.8) is 0 Å². The highest BCUT2D eigenvalue weighted by Crippen LogP contribution is 2.13. The third kappa shape index (κ3) is 5.50. The Morgan fingerprint density at radius 2 is 1.92 bits per heavy atom. The topological polar surface area (TPSA) is 35.2 Å². The third-order valence-corrected chi connectivity index (χ3v) is 1.79. The maximum atomic E-state index is 5.19. The molecule has 3 heteroatoms. The summed E-state index contributed by atoms with van der Waals surface area (Å²) in [7, 11) is 0. The van der Waals surface area contributed by atoms with Crippen LogP contribution in [-0.4, -0.2) is 5.88 Å². The number of hydrogen-bond acceptors (Lipinski definition) is 2. The normalized spacial score (nSPS) is 8.62. The van der Waals surface area contributed by atoms with Crippen molar-refractivity contribution in [1.82, 2.24) is 0 Å². The van der Waals surface area contributed by atoms with Crippen molar-refractivity contribution in [1.29, 1.82) is 0 Å². The summed E-state index contributed by atoms with van der Waals surface area (Å²) in [4.78, 5) is 4.54. The van der Waals surface area contributed by atoms with Crippen LogP contribution in [0.4, 0.5) is 0 Å². The number of nitrogens with two attached hydrogens (primary N) is 1. The Morgan fingerprint density at radius 3 is 2.23 bits per heavy atom. The standard InChI is InChI=1S/C7H9NO.C3H7Cl/c1-6-4-2-3-5-7(6)9-8;1-2-3-4/h2-5H,8H2,1H3;2-3H2,1H3. The van der Waals surface area contributed by atoms with E-state index in [0.717, 1.165) is 23.6 Å². The predicted molar refractivity (Wildman–Crippen MR) is 57.0 cm³/mol. The molecule has 0 fully saturated rings. The highest BCUT2D eigenvalue weighted by molar-refractivity contribution is 6.17. The van der Waals surface area contributed by atoms with Gasteiger partial charge >= 0.3 is 0 Å². The van der Waals surface area contributed by atoms with Gasteiger partial charge in [0.25, 0.3) is 0 Å². The molecule has 0 aliphatic carbocycles. The van der Waals surface area contributed by atoms with Gasteiger partial charge in [0.05, 0.1) is 0 Å². The maximum Gasteiger partial charge on any atom is 0.149 e. The number of alkyl halides is 1. The molecule has 0 unspecified atom stereocenters. The summed E-state index contributed by atoms with van der Waals surface area (Å²) >= 11 is 5.19. The molecule has 0 atom stereocenters. The zero-order valence-electron chi connectivity index (χ0n) is 8.09. The lowest BCUT2D eigenvalue weighted by Gasteiger charge is -1.99. The van der Waals surface area contributed by atoms with E-state index in [1.807, 2.05) is 38.1 Å². The third-order valence-electron chi connectivity index (χ3n) is 1.41. The summed E-state index contributed by atoms with van der Waals surface area (Å²) in [5, 5.41) is 0. The van der Waals surface area contributed by atoms with E-state index in [0.29, 0.717) is 0 Å². The van der Waals surface area contributed by atoms with Crippen molar-refractivity contribution < 1.29 is 4.84 Å². The lowest BCUT2D eigenvalue weighted by Crippen LogP contribution is -2.02. The Morgan fingerprint density at radius 1 is 1.38 bits per heavy atom. The van der Waals surface area contributed by atoms with Gasteiger partial charge in [-0.15, -0.1) is 11.6 Å². The Bertz CT molecular complexity index is 226. The number of aryl methyl sites for hydroxylation is 1. The van der Waals surface area contributed by atoms with Gasteiger partial charge in [-0.2, -0.15) is 5.90 Å². The number of rotatable bonds is 2. The van der Waals surface area contributed by atoms with Crippen molar-refractivity contribution >= 4 is 11.6 Å². The van der Waals surface area contributed by atoms with Crippen LogP contribution in [0.15, 0.2) is 24.3 Å². The first-order chi connectivity index (χ1) is 6.26. The van der Waals surface area contributed by atoms with E-state index in [-0.39, 0.29) is 0 Å². The molecule has 1 rings (SSSR count). The van der Waals surface area contributed by atoms with Crippen LogP contribution in [-0.2, 0) is 0 Å². The molecule has 2 N–H and O–H groups in total. The smallest absolute Gasteiger partial charge is 0.149 e. The molecule has 74 valence electrons. The molecule has 0 aromatic heterocycles. The summed E-state index contributed by atoms with van der Waals surface area (Å²) in [5.41, 5.74) is 1.06. The molecule has 0 aliphatic heterocycles. The summed E-state index contributed by atoms with van der Waals surface area (Å²) in [5.74, 6) is 6.48. The van der Waals surface area contributed by atoms with Gasteiger partial charge in [0.15, 0.2) is 0 Å². The first-order valence-corrected chi connectivity index (χ1v) is 4.78. The Hall–Kier alpha value is -0.730. The van der Waals surface area contributed by atoms with Gasteiger partial charge in [-0.1, -0.05) is 25.1 Å². The van der Waals surface area contributed by atoms with Crippen LogP contribution >= 0.6 is 11.6 Å². The zero-order valence-corrected chi connectivity index (χ0v) is 8.84. The summed E-state index contributed by atoms with van der Waals surface area (Å²) in [6.07, 6.45) is 1.08. The Kier molecular flexibility index (Phi) is 7.45. The molecule has 0 spiro atoms. The molecule has 0 amide bonds. The Balaban J connectivity index is 0.000000310. The molecule has 0 heterocycles. The van der Waals surface area contributed by atoms with Crippen LogP contribution in [0.25, 0.3) is 0 Å². The molecular formula is C10H16ClNO. The number of benzene rings is 1. The molecule has 1 aromatic carbocycles. The fourth-order valence-corrected chi connectivity index (χ4v) is 0.689. The highest BCUT2D eigenvalue weighted by Gasteiger charge is 1.91. The molecule has 0 aliphatic rings. The molecule has 13 heavy (non-hydrogen) atoms. The zero-order chi connectivity index (χ0) is 10.1. The summed E-state index contributed by atoms with van der Waals surface area (Å²) in [6.45, 7) is 4.00. The van der Waals surface area contributed by atoms with Crippen molar-refractivity contribution in [3.8, 4) is 5.75 Å². The molecule has 1 aromatic rings. The SMILES string of the molecule is CCCCl.Cc1ccccc1ON. The van der Waals surface area contributed by atoms with E-state index in [4.69, 9.17) is 17.5 Å². The van der Waals surface area contributed by atoms with E-state index in [9.17, 15) is 0 Å². The van der Waals surface area contributed by atoms with E-state index < -0.39 is 0 Å². The van der Waals surface area contributed by atoms with E-state index in [1.165, 1.54) is 0 Å². The van der Waals surface area contributed by atoms with Gasteiger partial charge in [-0.3, -0.25) is 0 Å². The van der Waals surface area contributed by atoms with Gasteiger partial charge in [0.2, 0.25) is 0 Å². The van der Waals surface area contributed by atoms with Crippen LogP contribution in [0, 0.1) is 6.92 Å². The van der Waals surface area contributed by atoms with Crippen molar-refractivity contribution in [2.45, 2.75) is 20.3 Å². The van der Waals surface area contributed by atoms with Crippen molar-refractivity contribution in [3.05, 3.63) is 29.8 Å². The number of hydrogen-bond donors (Lipinski definition) is 1. The monoisotopic (exact) mass is 201 g/mol. The molecular weight excluding hydrogens is 186 g/mol. The van der Waals surface area contributed by atoms with Crippen LogP contribution in [0.5, 0.6) is 5.75 Å². The predicted octanol–water partition coefficient (Wildman–Crippen LogP) is 2.88. The van der Waals surface area contributed by atoms with E-state index >= 15 is 0 Å². The maximum absolute atomic E-state index is 5.19. The average Bonchev–Trinajstić information content (AvgIpc) is 2.19. The fourth-order valence-electron chi connectivity index (χ4n) is 0.689. The van der Waals surface area contributed by atoms with Crippen LogP contribution in [0.1, 0.15) is 18.9 Å². The second-order valence-corrected chi connectivity index (χ2v) is 2.95. The minimum Gasteiger partial charge on any atom is -0.411 e. The minimum absolute atomic E-state index is 0.734. The Labute approximate surface area is 84.6 Å². The highest BCUT2D eigenvalue weighted by atomic mass is 35.5. The van der Waals surface area contributed by atoms with Gasteiger partial charge < -0.3 is 4.84 Å². The first kappa shape index (κ1) is 12.3. The van der Waals surface area contributed by atoms with Gasteiger partial charge in [-0.05, 0) is 25.0 Å². The van der Waals surface area contributed by atoms with Crippen molar-refractivity contribution in [2.24, 2.45) is 5.90 Å². The largest absolute Gasteiger partial charge is 0.411 e. The minimum atomic E-state index is 0.734. The van der Waals surface area contributed by atoms with Gasteiger partial charge in [0.1, 0.15) is 5.75 Å². The number of halogens is 1. The molecule has 0 saturated heterocycles. The van der Waals surface area contributed by atoms with Gasteiger partial charge in [0, 0.05) is 5.88 Å². The number of para-hydroxylation sites is 1. The van der Waals surface area contributed by atoms with Crippen LogP contribution in [0.2, 0.25) is 0 Å².